The summed E-state index contributed by atoms with van der Waals surface area (Å²) in [5.74, 6) is 0.0194. The number of carbonyl (C=O) groups is 1. The number of nitrogens with one attached hydrogen (secondary N) is 2. The molecule has 22 heavy (non-hydrogen) atoms. The van der Waals surface area contributed by atoms with Gasteiger partial charge in [0, 0.05) is 31.0 Å². The van der Waals surface area contributed by atoms with Crippen LogP contribution in [0.5, 0.6) is 0 Å². The molecular formula is C18H21N3O. The summed E-state index contributed by atoms with van der Waals surface area (Å²) >= 11 is 0. The molecule has 4 nitrogen and oxygen atoms in total. The lowest BCUT2D eigenvalue weighted by Gasteiger charge is -2.24. The Morgan fingerprint density at radius 2 is 1.95 bits per heavy atom. The number of hydrogen-bond acceptors (Lipinski definition) is 3. The minimum atomic E-state index is 0.0194. The molecule has 0 bridgehead atoms. The van der Waals surface area contributed by atoms with Gasteiger partial charge >= 0.3 is 0 Å². The zero-order valence-corrected chi connectivity index (χ0v) is 12.8. The maximum absolute atomic E-state index is 12.4. The second-order valence-electron chi connectivity index (χ2n) is 5.59. The van der Waals surface area contributed by atoms with Crippen molar-refractivity contribution in [3.05, 3.63) is 59.7 Å². The van der Waals surface area contributed by atoms with E-state index in [0.717, 1.165) is 36.6 Å². The number of benzene rings is 2. The summed E-state index contributed by atoms with van der Waals surface area (Å²) in [6.45, 7) is 4.93. The maximum atomic E-state index is 12.4. The van der Waals surface area contributed by atoms with Crippen LogP contribution in [0.1, 0.15) is 11.1 Å². The van der Waals surface area contributed by atoms with Crippen LogP contribution in [0.4, 0.5) is 11.4 Å². The lowest BCUT2D eigenvalue weighted by molar-refractivity contribution is -0.115. The Bertz CT molecular complexity index is 669. The van der Waals surface area contributed by atoms with E-state index in [2.05, 4.69) is 27.7 Å². The van der Waals surface area contributed by atoms with Crippen molar-refractivity contribution in [2.75, 3.05) is 29.9 Å². The van der Waals surface area contributed by atoms with Crippen LogP contribution in [0.25, 0.3) is 0 Å². The molecular weight excluding hydrogens is 274 g/mol. The van der Waals surface area contributed by atoms with E-state index < -0.39 is 0 Å². The summed E-state index contributed by atoms with van der Waals surface area (Å²) < 4.78 is 0. The average molecular weight is 295 g/mol. The molecule has 0 spiro atoms. The first kappa shape index (κ1) is 14.6. The number of aryl methyl sites for hydroxylation is 1. The van der Waals surface area contributed by atoms with E-state index in [1.54, 1.807) is 0 Å². The van der Waals surface area contributed by atoms with Crippen molar-refractivity contribution < 1.29 is 4.79 Å². The number of nitrogens with zero attached hydrogens (tertiary/aromatic N) is 1. The highest BCUT2D eigenvalue weighted by Crippen LogP contribution is 2.22. The molecule has 0 aromatic heterocycles. The van der Waals surface area contributed by atoms with Gasteiger partial charge in [0.25, 0.3) is 0 Å². The molecule has 2 N–H and O–H groups in total. The smallest absolute Gasteiger partial charge is 0.243 e. The van der Waals surface area contributed by atoms with E-state index in [-0.39, 0.29) is 5.91 Å². The third kappa shape index (κ3) is 3.28. The number of fused-ring (bicyclic) bond motifs is 1. The molecule has 0 aliphatic carbocycles. The number of para-hydroxylation sites is 2. The summed E-state index contributed by atoms with van der Waals surface area (Å²) in [5, 5.41) is 6.40. The zero-order chi connectivity index (χ0) is 15.4. The third-order valence-electron chi connectivity index (χ3n) is 3.96. The molecule has 3 rings (SSSR count). The molecule has 0 saturated carbocycles. The van der Waals surface area contributed by atoms with E-state index in [1.165, 1.54) is 5.56 Å². The molecule has 0 saturated heterocycles. The summed E-state index contributed by atoms with van der Waals surface area (Å²) in [4.78, 5) is 14.5. The van der Waals surface area contributed by atoms with Crippen LogP contribution in [0.3, 0.4) is 0 Å². The van der Waals surface area contributed by atoms with Crippen molar-refractivity contribution in [3.63, 3.8) is 0 Å². The minimum Gasteiger partial charge on any atom is -0.361 e. The number of anilines is 2. The molecule has 1 amide bonds. The Balaban J connectivity index is 1.73. The van der Waals surface area contributed by atoms with Gasteiger partial charge in [-0.2, -0.15) is 0 Å². The standard InChI is InChI=1S/C18H21N3O/c1-14-6-2-4-8-16(14)20-18(22)13-21-11-10-19-12-15-7-3-5-9-17(15)21/h2-9,19H,10-13H2,1H3,(H,20,22). The Hall–Kier alpha value is -2.33. The van der Waals surface area contributed by atoms with Crippen molar-refractivity contribution in [1.29, 1.82) is 0 Å². The number of rotatable bonds is 3. The summed E-state index contributed by atoms with van der Waals surface area (Å²) in [5.41, 5.74) is 4.35. The lowest BCUT2D eigenvalue weighted by Crippen LogP contribution is -2.36. The van der Waals surface area contributed by atoms with Gasteiger partial charge in [-0.05, 0) is 30.2 Å². The SMILES string of the molecule is Cc1ccccc1NC(=O)CN1CCNCc2ccccc21. The van der Waals surface area contributed by atoms with Gasteiger partial charge in [-0.3, -0.25) is 4.79 Å². The molecule has 0 radical (unpaired) electrons. The van der Waals surface area contributed by atoms with Gasteiger partial charge < -0.3 is 15.5 Å². The fourth-order valence-electron chi connectivity index (χ4n) is 2.77. The third-order valence-corrected chi connectivity index (χ3v) is 3.96. The first-order chi connectivity index (χ1) is 10.7. The van der Waals surface area contributed by atoms with E-state index in [4.69, 9.17) is 0 Å². The van der Waals surface area contributed by atoms with Gasteiger partial charge in [0.15, 0.2) is 0 Å². The van der Waals surface area contributed by atoms with Crippen LogP contribution in [0, 0.1) is 6.92 Å². The summed E-state index contributed by atoms with van der Waals surface area (Å²) in [7, 11) is 0. The molecule has 0 fully saturated rings. The van der Waals surface area contributed by atoms with Crippen molar-refractivity contribution in [2.24, 2.45) is 0 Å². The van der Waals surface area contributed by atoms with Gasteiger partial charge in [-0.25, -0.2) is 0 Å². The van der Waals surface area contributed by atoms with E-state index in [9.17, 15) is 4.79 Å². The van der Waals surface area contributed by atoms with E-state index in [0.29, 0.717) is 6.54 Å². The molecule has 114 valence electrons. The lowest BCUT2D eigenvalue weighted by atomic mass is 10.1. The van der Waals surface area contributed by atoms with Crippen LogP contribution in [0.15, 0.2) is 48.5 Å². The molecule has 1 aliphatic rings. The molecule has 0 atom stereocenters. The maximum Gasteiger partial charge on any atom is 0.243 e. The minimum absolute atomic E-state index is 0.0194. The Morgan fingerprint density at radius 3 is 2.82 bits per heavy atom. The topological polar surface area (TPSA) is 44.4 Å². The average Bonchev–Trinajstić information content (AvgIpc) is 2.72. The summed E-state index contributed by atoms with van der Waals surface area (Å²) in [6.07, 6.45) is 0. The fraction of sp³-hybridized carbons (Fsp3) is 0.278. The van der Waals surface area contributed by atoms with Gasteiger partial charge in [0.2, 0.25) is 5.91 Å². The van der Waals surface area contributed by atoms with Crippen molar-refractivity contribution in [3.8, 4) is 0 Å². The van der Waals surface area contributed by atoms with Gasteiger partial charge in [0.05, 0.1) is 6.54 Å². The van der Waals surface area contributed by atoms with Crippen molar-refractivity contribution in [1.82, 2.24) is 5.32 Å². The second kappa shape index (κ2) is 6.62. The highest BCUT2D eigenvalue weighted by Gasteiger charge is 2.17. The summed E-state index contributed by atoms with van der Waals surface area (Å²) in [6, 6.07) is 16.1. The molecule has 2 aromatic carbocycles. The van der Waals surface area contributed by atoms with Crippen molar-refractivity contribution >= 4 is 17.3 Å². The largest absolute Gasteiger partial charge is 0.361 e. The van der Waals surface area contributed by atoms with Gasteiger partial charge in [-0.1, -0.05) is 36.4 Å². The monoisotopic (exact) mass is 295 g/mol. The molecule has 1 aliphatic heterocycles. The van der Waals surface area contributed by atoms with E-state index in [1.807, 2.05) is 43.3 Å². The number of carbonyl (C=O) groups excluding carboxylic acids is 1. The molecule has 0 unspecified atom stereocenters. The predicted octanol–water partition coefficient (Wildman–Crippen LogP) is 2.54. The van der Waals surface area contributed by atoms with Crippen LogP contribution >= 0.6 is 0 Å². The zero-order valence-electron chi connectivity index (χ0n) is 12.8. The Labute approximate surface area is 131 Å². The van der Waals surface area contributed by atoms with Gasteiger partial charge in [0.1, 0.15) is 0 Å². The van der Waals surface area contributed by atoms with E-state index >= 15 is 0 Å². The highest BCUT2D eigenvalue weighted by molar-refractivity contribution is 5.94. The Kier molecular flexibility index (Phi) is 4.39. The predicted molar refractivity (Wildman–Crippen MR) is 90.2 cm³/mol. The van der Waals surface area contributed by atoms with Crippen LogP contribution < -0.4 is 15.5 Å². The highest BCUT2D eigenvalue weighted by atomic mass is 16.2. The van der Waals surface area contributed by atoms with Crippen LogP contribution in [0.2, 0.25) is 0 Å². The van der Waals surface area contributed by atoms with Gasteiger partial charge in [-0.15, -0.1) is 0 Å². The molecule has 1 heterocycles. The Morgan fingerprint density at radius 1 is 1.18 bits per heavy atom. The second-order valence-corrected chi connectivity index (χ2v) is 5.59. The molecule has 2 aromatic rings. The number of amides is 1. The fourth-order valence-corrected chi connectivity index (χ4v) is 2.77. The normalized spacial score (nSPS) is 14.1. The number of hydrogen-bond donors (Lipinski definition) is 2. The first-order valence-electron chi connectivity index (χ1n) is 7.63. The first-order valence-corrected chi connectivity index (χ1v) is 7.63. The quantitative estimate of drug-likeness (QED) is 0.914. The molecule has 4 heteroatoms. The van der Waals surface area contributed by atoms with Crippen molar-refractivity contribution in [2.45, 2.75) is 13.5 Å². The van der Waals surface area contributed by atoms with Crippen LogP contribution in [-0.4, -0.2) is 25.5 Å². The van der Waals surface area contributed by atoms with Crippen LogP contribution in [-0.2, 0) is 11.3 Å².